The van der Waals surface area contributed by atoms with Gasteiger partial charge in [0.1, 0.15) is 5.60 Å². The summed E-state index contributed by atoms with van der Waals surface area (Å²) in [6, 6.07) is 10.4. The zero-order valence-electron chi connectivity index (χ0n) is 14.3. The van der Waals surface area contributed by atoms with Gasteiger partial charge in [0.15, 0.2) is 0 Å². The topological polar surface area (TPSA) is 38.8 Å². The summed E-state index contributed by atoms with van der Waals surface area (Å²) in [5.41, 5.74) is 0.676. The zero-order chi connectivity index (χ0) is 16.4. The van der Waals surface area contributed by atoms with Crippen LogP contribution in [0.5, 0.6) is 0 Å². The van der Waals surface area contributed by atoms with Crippen LogP contribution in [-0.4, -0.2) is 35.8 Å². The van der Waals surface area contributed by atoms with E-state index in [4.69, 9.17) is 9.47 Å². The van der Waals surface area contributed by atoms with E-state index in [9.17, 15) is 4.79 Å². The number of amides is 1. The fraction of sp³-hybridized carbons (Fsp3) is 0.632. The Morgan fingerprint density at radius 2 is 1.78 bits per heavy atom. The van der Waals surface area contributed by atoms with Crippen molar-refractivity contribution in [1.29, 1.82) is 0 Å². The highest BCUT2D eigenvalue weighted by Crippen LogP contribution is 2.39. The Balaban J connectivity index is 1.74. The number of benzene rings is 1. The lowest BCUT2D eigenvalue weighted by molar-refractivity contribution is 0.0125. The Kier molecular flexibility index (Phi) is 4.62. The highest BCUT2D eigenvalue weighted by Gasteiger charge is 2.42. The SMILES string of the molecule is CC(C)(C)OC(=O)N(Cc1ccccc1)C1CC2COCC2C1. The third kappa shape index (κ3) is 4.05. The standard InChI is InChI=1S/C19H27NO3/c1-19(2,3)23-18(21)20(11-14-7-5-4-6-8-14)17-9-15-12-22-13-16(15)10-17/h4-8,15-17H,9-13H2,1-3H3. The smallest absolute Gasteiger partial charge is 0.410 e. The minimum absolute atomic E-state index is 0.202. The van der Waals surface area contributed by atoms with Crippen LogP contribution in [0.25, 0.3) is 0 Å². The molecule has 0 spiro atoms. The molecule has 1 aliphatic carbocycles. The van der Waals surface area contributed by atoms with Crippen LogP contribution in [0.2, 0.25) is 0 Å². The third-order valence-corrected chi connectivity index (χ3v) is 4.74. The van der Waals surface area contributed by atoms with Crippen molar-refractivity contribution in [3.8, 4) is 0 Å². The molecule has 0 bridgehead atoms. The Hall–Kier alpha value is -1.55. The van der Waals surface area contributed by atoms with Gasteiger partial charge >= 0.3 is 6.09 Å². The van der Waals surface area contributed by atoms with Gasteiger partial charge in [-0.25, -0.2) is 4.79 Å². The number of nitrogens with zero attached hydrogens (tertiary/aromatic N) is 1. The Labute approximate surface area is 138 Å². The second-order valence-corrected chi connectivity index (χ2v) is 7.78. The van der Waals surface area contributed by atoms with Crippen molar-refractivity contribution in [3.63, 3.8) is 0 Å². The maximum Gasteiger partial charge on any atom is 0.410 e. The second kappa shape index (κ2) is 6.52. The van der Waals surface area contributed by atoms with E-state index in [1.807, 2.05) is 43.9 Å². The van der Waals surface area contributed by atoms with Crippen LogP contribution in [0.3, 0.4) is 0 Å². The zero-order valence-corrected chi connectivity index (χ0v) is 14.3. The average Bonchev–Trinajstić information content (AvgIpc) is 3.05. The van der Waals surface area contributed by atoms with Crippen molar-refractivity contribution in [2.75, 3.05) is 13.2 Å². The van der Waals surface area contributed by atoms with Gasteiger partial charge in [-0.2, -0.15) is 0 Å². The molecule has 126 valence electrons. The summed E-state index contributed by atoms with van der Waals surface area (Å²) >= 11 is 0. The normalized spacial score (nSPS) is 26.8. The van der Waals surface area contributed by atoms with Gasteiger partial charge in [-0.3, -0.25) is 0 Å². The molecule has 1 amide bonds. The molecule has 1 aliphatic heterocycles. The van der Waals surface area contributed by atoms with E-state index < -0.39 is 5.60 Å². The van der Waals surface area contributed by atoms with E-state index in [0.717, 1.165) is 31.6 Å². The van der Waals surface area contributed by atoms with Crippen LogP contribution < -0.4 is 0 Å². The quantitative estimate of drug-likeness (QED) is 0.850. The van der Waals surface area contributed by atoms with Crippen molar-refractivity contribution in [1.82, 2.24) is 4.90 Å². The molecular weight excluding hydrogens is 290 g/mol. The highest BCUT2D eigenvalue weighted by atomic mass is 16.6. The molecule has 3 rings (SSSR count). The lowest BCUT2D eigenvalue weighted by Gasteiger charge is -2.32. The maximum absolute atomic E-state index is 12.7. The van der Waals surface area contributed by atoms with Crippen LogP contribution >= 0.6 is 0 Å². The number of hydrogen-bond donors (Lipinski definition) is 0. The van der Waals surface area contributed by atoms with Crippen LogP contribution in [0.1, 0.15) is 39.2 Å². The van der Waals surface area contributed by atoms with E-state index in [0.29, 0.717) is 18.4 Å². The number of ether oxygens (including phenoxy) is 2. The molecule has 4 nitrogen and oxygen atoms in total. The maximum atomic E-state index is 12.7. The van der Waals surface area contributed by atoms with Gasteiger partial charge < -0.3 is 14.4 Å². The summed E-state index contributed by atoms with van der Waals surface area (Å²) in [6.07, 6.45) is 1.85. The van der Waals surface area contributed by atoms with E-state index >= 15 is 0 Å². The van der Waals surface area contributed by atoms with Crippen LogP contribution in [0, 0.1) is 11.8 Å². The number of rotatable bonds is 3. The molecule has 0 aromatic heterocycles. The molecule has 1 saturated heterocycles. The van der Waals surface area contributed by atoms with E-state index in [1.165, 1.54) is 0 Å². The van der Waals surface area contributed by atoms with Crippen LogP contribution in [0.4, 0.5) is 4.79 Å². The van der Waals surface area contributed by atoms with Crippen LogP contribution in [0.15, 0.2) is 30.3 Å². The molecule has 2 fully saturated rings. The second-order valence-electron chi connectivity index (χ2n) is 7.78. The van der Waals surface area contributed by atoms with Gasteiger partial charge in [-0.1, -0.05) is 30.3 Å². The Bertz CT molecular complexity index is 525. The molecule has 4 heteroatoms. The molecule has 2 atom stereocenters. The average molecular weight is 317 g/mol. The van der Waals surface area contributed by atoms with E-state index in [-0.39, 0.29) is 12.1 Å². The predicted octanol–water partition coefficient (Wildman–Crippen LogP) is 3.85. The largest absolute Gasteiger partial charge is 0.444 e. The predicted molar refractivity (Wildman–Crippen MR) is 89.0 cm³/mol. The lowest BCUT2D eigenvalue weighted by Crippen LogP contribution is -2.42. The summed E-state index contributed by atoms with van der Waals surface area (Å²) in [7, 11) is 0. The first-order chi connectivity index (χ1) is 10.9. The van der Waals surface area contributed by atoms with Crippen molar-refractivity contribution in [3.05, 3.63) is 35.9 Å². The molecule has 1 saturated carbocycles. The van der Waals surface area contributed by atoms with Gasteiger partial charge in [0.05, 0.1) is 0 Å². The number of hydrogen-bond acceptors (Lipinski definition) is 3. The Morgan fingerprint density at radius 3 is 2.35 bits per heavy atom. The van der Waals surface area contributed by atoms with Crippen LogP contribution in [-0.2, 0) is 16.0 Å². The van der Waals surface area contributed by atoms with Gasteiger partial charge in [-0.15, -0.1) is 0 Å². The molecule has 1 aromatic rings. The molecular formula is C19H27NO3. The van der Waals surface area contributed by atoms with Crippen molar-refractivity contribution < 1.29 is 14.3 Å². The lowest BCUT2D eigenvalue weighted by atomic mass is 10.0. The molecule has 23 heavy (non-hydrogen) atoms. The van der Waals surface area contributed by atoms with E-state index in [1.54, 1.807) is 0 Å². The minimum Gasteiger partial charge on any atom is -0.444 e. The van der Waals surface area contributed by atoms with Crippen molar-refractivity contribution in [2.45, 2.75) is 51.8 Å². The molecule has 1 heterocycles. The van der Waals surface area contributed by atoms with Crippen molar-refractivity contribution in [2.24, 2.45) is 11.8 Å². The summed E-state index contributed by atoms with van der Waals surface area (Å²) < 4.78 is 11.2. The first-order valence-electron chi connectivity index (χ1n) is 8.53. The van der Waals surface area contributed by atoms with Gasteiger partial charge in [0.2, 0.25) is 0 Å². The number of fused-ring (bicyclic) bond motifs is 1. The van der Waals surface area contributed by atoms with Crippen molar-refractivity contribution >= 4 is 6.09 Å². The highest BCUT2D eigenvalue weighted by molar-refractivity contribution is 5.68. The molecule has 1 aromatic carbocycles. The summed E-state index contributed by atoms with van der Waals surface area (Å²) in [6.45, 7) is 8.05. The summed E-state index contributed by atoms with van der Waals surface area (Å²) in [4.78, 5) is 14.7. The van der Waals surface area contributed by atoms with Gasteiger partial charge in [0.25, 0.3) is 0 Å². The third-order valence-electron chi connectivity index (χ3n) is 4.74. The number of carbonyl (C=O) groups is 1. The van der Waals surface area contributed by atoms with Gasteiger partial charge in [0, 0.05) is 25.8 Å². The summed E-state index contributed by atoms with van der Waals surface area (Å²) in [5, 5.41) is 0. The monoisotopic (exact) mass is 317 g/mol. The Morgan fingerprint density at radius 1 is 1.17 bits per heavy atom. The molecule has 2 unspecified atom stereocenters. The number of carbonyl (C=O) groups excluding carboxylic acids is 1. The fourth-order valence-electron chi connectivity index (χ4n) is 3.66. The molecule has 0 radical (unpaired) electrons. The first-order valence-corrected chi connectivity index (χ1v) is 8.53. The molecule has 2 aliphatic rings. The summed E-state index contributed by atoms with van der Waals surface area (Å²) in [5.74, 6) is 1.20. The minimum atomic E-state index is -0.469. The fourth-order valence-corrected chi connectivity index (χ4v) is 3.66. The first kappa shape index (κ1) is 16.3. The molecule has 0 N–H and O–H groups in total. The van der Waals surface area contributed by atoms with Gasteiger partial charge in [-0.05, 0) is 51.0 Å². The van der Waals surface area contributed by atoms with E-state index in [2.05, 4.69) is 12.1 Å².